The van der Waals surface area contributed by atoms with E-state index in [0.29, 0.717) is 0 Å². The molecule has 0 saturated heterocycles. The maximum atomic E-state index is 13.5. The van der Waals surface area contributed by atoms with E-state index in [4.69, 9.17) is 0 Å². The van der Waals surface area contributed by atoms with Gasteiger partial charge in [0.15, 0.2) is 0 Å². The molecule has 0 fully saturated rings. The Morgan fingerprint density at radius 3 is 2.32 bits per heavy atom. The SMILES string of the molecule is Cc1ccccc1C(=O)N1c2c(C)cccc2[C@@H](Nc2ccccc2)C[C@@H]1C. The van der Waals surface area contributed by atoms with E-state index in [2.05, 4.69) is 49.5 Å². The van der Waals surface area contributed by atoms with Crippen LogP contribution in [0.4, 0.5) is 11.4 Å². The standard InChI is InChI=1S/C25H26N2O/c1-17-10-7-8-14-21(17)25(28)27-19(3)16-23(26-20-12-5-4-6-13-20)22-15-9-11-18(2)24(22)27/h4-15,19,23,26H,16H2,1-3H3/t19-,23-/m0/s1. The van der Waals surface area contributed by atoms with Crippen LogP contribution >= 0.6 is 0 Å². The molecule has 3 heteroatoms. The number of aryl methyl sites for hydroxylation is 2. The van der Waals surface area contributed by atoms with Gasteiger partial charge in [-0.1, -0.05) is 54.6 Å². The van der Waals surface area contributed by atoms with Crippen molar-refractivity contribution in [3.8, 4) is 0 Å². The Hall–Kier alpha value is -3.07. The van der Waals surface area contributed by atoms with E-state index < -0.39 is 0 Å². The number of carbonyl (C=O) groups excluding carboxylic acids is 1. The van der Waals surface area contributed by atoms with Crippen molar-refractivity contribution in [3.05, 3.63) is 95.1 Å². The molecule has 0 radical (unpaired) electrons. The van der Waals surface area contributed by atoms with Crippen molar-refractivity contribution in [2.75, 3.05) is 10.2 Å². The van der Waals surface area contributed by atoms with Crippen LogP contribution in [0.3, 0.4) is 0 Å². The minimum Gasteiger partial charge on any atom is -0.378 e. The Kier molecular flexibility index (Phi) is 4.91. The molecule has 0 aliphatic carbocycles. The highest BCUT2D eigenvalue weighted by atomic mass is 16.2. The number of rotatable bonds is 3. The van der Waals surface area contributed by atoms with Gasteiger partial charge in [-0.05, 0) is 62.1 Å². The molecule has 1 amide bonds. The average Bonchev–Trinajstić information content (AvgIpc) is 2.69. The lowest BCUT2D eigenvalue weighted by Gasteiger charge is -2.41. The predicted octanol–water partition coefficient (Wildman–Crippen LogP) is 5.90. The Labute approximate surface area is 167 Å². The number of amides is 1. The van der Waals surface area contributed by atoms with Crippen LogP contribution in [0, 0.1) is 13.8 Å². The van der Waals surface area contributed by atoms with E-state index in [0.717, 1.165) is 34.5 Å². The van der Waals surface area contributed by atoms with Crippen LogP contribution in [-0.2, 0) is 0 Å². The molecule has 1 N–H and O–H groups in total. The van der Waals surface area contributed by atoms with E-state index in [-0.39, 0.29) is 18.0 Å². The molecule has 3 aromatic carbocycles. The summed E-state index contributed by atoms with van der Waals surface area (Å²) in [6, 6.07) is 24.7. The van der Waals surface area contributed by atoms with Crippen molar-refractivity contribution in [1.82, 2.24) is 0 Å². The van der Waals surface area contributed by atoms with Crippen molar-refractivity contribution in [2.45, 2.75) is 39.3 Å². The summed E-state index contributed by atoms with van der Waals surface area (Å²) in [4.78, 5) is 15.5. The summed E-state index contributed by atoms with van der Waals surface area (Å²) in [6.45, 7) is 6.24. The number of hydrogen-bond acceptors (Lipinski definition) is 2. The number of nitrogens with one attached hydrogen (secondary N) is 1. The summed E-state index contributed by atoms with van der Waals surface area (Å²) < 4.78 is 0. The van der Waals surface area contributed by atoms with Gasteiger partial charge in [-0.15, -0.1) is 0 Å². The highest BCUT2D eigenvalue weighted by molar-refractivity contribution is 6.08. The molecule has 0 bridgehead atoms. The normalized spacial score (nSPS) is 18.5. The van der Waals surface area contributed by atoms with Gasteiger partial charge in [0.2, 0.25) is 0 Å². The second-order valence-electron chi connectivity index (χ2n) is 7.65. The van der Waals surface area contributed by atoms with E-state index in [1.165, 1.54) is 5.56 Å². The number of nitrogens with zero attached hydrogens (tertiary/aromatic N) is 1. The Morgan fingerprint density at radius 2 is 1.57 bits per heavy atom. The molecule has 3 nitrogen and oxygen atoms in total. The zero-order valence-corrected chi connectivity index (χ0v) is 16.6. The molecule has 1 aliphatic rings. The maximum Gasteiger partial charge on any atom is 0.258 e. The number of para-hydroxylation sites is 2. The lowest BCUT2D eigenvalue weighted by molar-refractivity contribution is 0.0973. The number of benzene rings is 3. The number of anilines is 2. The van der Waals surface area contributed by atoms with Crippen LogP contribution in [0.15, 0.2) is 72.8 Å². The number of hydrogen-bond donors (Lipinski definition) is 1. The summed E-state index contributed by atoms with van der Waals surface area (Å²) >= 11 is 0. The molecule has 0 unspecified atom stereocenters. The molecule has 1 heterocycles. The molecule has 0 saturated carbocycles. The summed E-state index contributed by atoms with van der Waals surface area (Å²) in [5, 5.41) is 3.67. The fourth-order valence-corrected chi connectivity index (χ4v) is 4.20. The van der Waals surface area contributed by atoms with Gasteiger partial charge in [-0.25, -0.2) is 0 Å². The van der Waals surface area contributed by atoms with Gasteiger partial charge in [0.05, 0.1) is 11.7 Å². The minimum absolute atomic E-state index is 0.0827. The molecule has 0 spiro atoms. The fourth-order valence-electron chi connectivity index (χ4n) is 4.20. The molecular weight excluding hydrogens is 344 g/mol. The van der Waals surface area contributed by atoms with Crippen LogP contribution in [-0.4, -0.2) is 11.9 Å². The first kappa shape index (κ1) is 18.3. The average molecular weight is 370 g/mol. The minimum atomic E-state index is 0.0827. The topological polar surface area (TPSA) is 32.3 Å². The van der Waals surface area contributed by atoms with Crippen molar-refractivity contribution in [1.29, 1.82) is 0 Å². The highest BCUT2D eigenvalue weighted by Gasteiger charge is 2.35. The van der Waals surface area contributed by atoms with Crippen molar-refractivity contribution in [3.63, 3.8) is 0 Å². The smallest absolute Gasteiger partial charge is 0.258 e. The predicted molar refractivity (Wildman–Crippen MR) is 116 cm³/mol. The molecule has 1 aliphatic heterocycles. The van der Waals surface area contributed by atoms with Crippen LogP contribution in [0.1, 0.15) is 46.4 Å². The number of carbonyl (C=O) groups is 1. The van der Waals surface area contributed by atoms with Gasteiger partial charge in [-0.2, -0.15) is 0 Å². The van der Waals surface area contributed by atoms with Crippen molar-refractivity contribution < 1.29 is 4.79 Å². The van der Waals surface area contributed by atoms with Gasteiger partial charge < -0.3 is 10.2 Å². The summed E-state index contributed by atoms with van der Waals surface area (Å²) in [5.74, 6) is 0.0827. The van der Waals surface area contributed by atoms with Gasteiger partial charge in [-0.3, -0.25) is 4.79 Å². The van der Waals surface area contributed by atoms with Crippen LogP contribution in [0.2, 0.25) is 0 Å². The third-order valence-electron chi connectivity index (χ3n) is 5.61. The Morgan fingerprint density at radius 1 is 0.893 bits per heavy atom. The molecule has 28 heavy (non-hydrogen) atoms. The van der Waals surface area contributed by atoms with Crippen LogP contribution < -0.4 is 10.2 Å². The third kappa shape index (κ3) is 3.29. The Bertz CT molecular complexity index is 996. The second-order valence-corrected chi connectivity index (χ2v) is 7.65. The summed E-state index contributed by atoms with van der Waals surface area (Å²) in [6.07, 6.45) is 0.864. The van der Waals surface area contributed by atoms with E-state index in [1.807, 2.05) is 54.3 Å². The second kappa shape index (κ2) is 7.51. The van der Waals surface area contributed by atoms with E-state index >= 15 is 0 Å². The van der Waals surface area contributed by atoms with Crippen molar-refractivity contribution >= 4 is 17.3 Å². The summed E-state index contributed by atoms with van der Waals surface area (Å²) in [5.41, 5.74) is 6.25. The van der Waals surface area contributed by atoms with E-state index in [1.54, 1.807) is 0 Å². The first-order valence-electron chi connectivity index (χ1n) is 9.86. The largest absolute Gasteiger partial charge is 0.378 e. The zero-order valence-electron chi connectivity index (χ0n) is 16.6. The Balaban J connectivity index is 1.76. The van der Waals surface area contributed by atoms with Gasteiger partial charge in [0, 0.05) is 17.3 Å². The molecule has 142 valence electrons. The third-order valence-corrected chi connectivity index (χ3v) is 5.61. The molecule has 3 aromatic rings. The first-order chi connectivity index (χ1) is 13.6. The lowest BCUT2D eigenvalue weighted by Crippen LogP contribution is -2.45. The van der Waals surface area contributed by atoms with Crippen LogP contribution in [0.5, 0.6) is 0 Å². The van der Waals surface area contributed by atoms with Crippen molar-refractivity contribution in [2.24, 2.45) is 0 Å². The maximum absolute atomic E-state index is 13.5. The quantitative estimate of drug-likeness (QED) is 0.623. The highest BCUT2D eigenvalue weighted by Crippen LogP contribution is 2.41. The molecular formula is C25H26N2O. The first-order valence-corrected chi connectivity index (χ1v) is 9.86. The van der Waals surface area contributed by atoms with Crippen LogP contribution in [0.25, 0.3) is 0 Å². The van der Waals surface area contributed by atoms with Gasteiger partial charge in [0.25, 0.3) is 5.91 Å². The van der Waals surface area contributed by atoms with Gasteiger partial charge in [0.1, 0.15) is 0 Å². The molecule has 4 rings (SSSR count). The lowest BCUT2D eigenvalue weighted by atomic mass is 9.88. The fraction of sp³-hybridized carbons (Fsp3) is 0.240. The summed E-state index contributed by atoms with van der Waals surface area (Å²) in [7, 11) is 0. The van der Waals surface area contributed by atoms with Gasteiger partial charge >= 0.3 is 0 Å². The van der Waals surface area contributed by atoms with E-state index in [9.17, 15) is 4.79 Å². The number of fused-ring (bicyclic) bond motifs is 1. The molecule has 0 aromatic heterocycles. The monoisotopic (exact) mass is 370 g/mol. The molecule has 2 atom stereocenters. The zero-order chi connectivity index (χ0) is 19.7.